The van der Waals surface area contributed by atoms with E-state index in [1.807, 2.05) is 0 Å². The Morgan fingerprint density at radius 1 is 1.32 bits per heavy atom. The van der Waals surface area contributed by atoms with Gasteiger partial charge in [-0.25, -0.2) is 0 Å². The molecule has 19 heavy (non-hydrogen) atoms. The molecule has 0 saturated heterocycles. The van der Waals surface area contributed by atoms with E-state index in [2.05, 4.69) is 5.10 Å². The van der Waals surface area contributed by atoms with Gasteiger partial charge in [-0.2, -0.15) is 18.3 Å². The van der Waals surface area contributed by atoms with Crippen molar-refractivity contribution in [2.75, 3.05) is 20.9 Å². The van der Waals surface area contributed by atoms with Crippen molar-refractivity contribution in [3.8, 4) is 5.75 Å². The lowest BCUT2D eigenvalue weighted by Crippen LogP contribution is -2.45. The average Bonchev–Trinajstić information content (AvgIpc) is 2.37. The smallest absolute Gasteiger partial charge is 0.420 e. The molecular formula is C12H13F3N2O2. The van der Waals surface area contributed by atoms with Crippen LogP contribution >= 0.6 is 0 Å². The van der Waals surface area contributed by atoms with E-state index in [0.29, 0.717) is 11.3 Å². The zero-order valence-corrected chi connectivity index (χ0v) is 10.4. The molecule has 104 valence electrons. The number of hydrogen-bond acceptors (Lipinski definition) is 4. The maximum Gasteiger partial charge on any atom is 0.420 e. The minimum Gasteiger partial charge on any atom is -0.497 e. The molecule has 0 aliphatic carbocycles. The topological polar surface area (TPSA) is 34.1 Å². The van der Waals surface area contributed by atoms with E-state index in [9.17, 15) is 13.2 Å². The van der Waals surface area contributed by atoms with Crippen molar-refractivity contribution in [1.29, 1.82) is 0 Å². The zero-order valence-electron chi connectivity index (χ0n) is 10.4. The van der Waals surface area contributed by atoms with Crippen molar-refractivity contribution >= 4 is 5.71 Å². The fourth-order valence-corrected chi connectivity index (χ4v) is 1.75. The molecule has 0 aromatic heterocycles. The predicted octanol–water partition coefficient (Wildman–Crippen LogP) is 2.25. The number of nitrogens with zero attached hydrogens (tertiary/aromatic N) is 2. The fourth-order valence-electron chi connectivity index (χ4n) is 1.75. The van der Waals surface area contributed by atoms with Crippen molar-refractivity contribution in [3.05, 3.63) is 29.8 Å². The van der Waals surface area contributed by atoms with Gasteiger partial charge in [0.25, 0.3) is 0 Å². The molecule has 0 N–H and O–H groups in total. The highest BCUT2D eigenvalue weighted by molar-refractivity contribution is 6.04. The summed E-state index contributed by atoms with van der Waals surface area (Å²) in [5.74, 6) is 0.568. The van der Waals surface area contributed by atoms with Gasteiger partial charge in [-0.15, -0.1) is 0 Å². The zero-order chi connectivity index (χ0) is 14.0. The first-order valence-electron chi connectivity index (χ1n) is 5.54. The Morgan fingerprint density at radius 3 is 2.47 bits per heavy atom. The molecule has 0 spiro atoms. The van der Waals surface area contributed by atoms with Gasteiger partial charge in [0, 0.05) is 12.6 Å². The second-order valence-corrected chi connectivity index (χ2v) is 4.09. The van der Waals surface area contributed by atoms with E-state index in [0.717, 1.165) is 0 Å². The maximum absolute atomic E-state index is 12.9. The first kappa shape index (κ1) is 13.7. The van der Waals surface area contributed by atoms with Crippen LogP contribution in [0.4, 0.5) is 13.2 Å². The summed E-state index contributed by atoms with van der Waals surface area (Å²) >= 11 is 0. The first-order chi connectivity index (χ1) is 8.91. The van der Waals surface area contributed by atoms with Crippen molar-refractivity contribution in [2.24, 2.45) is 5.10 Å². The molecule has 0 fully saturated rings. The Morgan fingerprint density at radius 2 is 1.95 bits per heavy atom. The van der Waals surface area contributed by atoms with Crippen LogP contribution in [0.5, 0.6) is 5.75 Å². The predicted molar refractivity (Wildman–Crippen MR) is 63.1 cm³/mol. The highest BCUT2D eigenvalue weighted by Crippen LogP contribution is 2.29. The third-order valence-electron chi connectivity index (χ3n) is 2.64. The van der Waals surface area contributed by atoms with E-state index >= 15 is 0 Å². The Balaban J connectivity index is 2.36. The maximum atomic E-state index is 12.9. The first-order valence-corrected chi connectivity index (χ1v) is 5.54. The van der Waals surface area contributed by atoms with Crippen molar-refractivity contribution in [1.82, 2.24) is 5.01 Å². The van der Waals surface area contributed by atoms with Gasteiger partial charge in [0.15, 0.2) is 6.10 Å². The summed E-state index contributed by atoms with van der Waals surface area (Å²) in [6.07, 6.45) is -6.49. The second-order valence-electron chi connectivity index (χ2n) is 4.09. The van der Waals surface area contributed by atoms with Crippen LogP contribution in [0.15, 0.2) is 29.4 Å². The number of rotatable bonds is 2. The van der Waals surface area contributed by atoms with Gasteiger partial charge in [0.1, 0.15) is 18.2 Å². The van der Waals surface area contributed by atoms with Crippen LogP contribution in [0.3, 0.4) is 0 Å². The monoisotopic (exact) mass is 274 g/mol. The molecule has 1 aliphatic heterocycles. The normalized spacial score (nSPS) is 20.2. The summed E-state index contributed by atoms with van der Waals surface area (Å²) in [5.41, 5.74) is 0.207. The quantitative estimate of drug-likeness (QED) is 0.829. The Bertz CT molecular complexity index is 471. The number of methoxy groups -OCH3 is 1. The molecule has 0 saturated carbocycles. The van der Waals surface area contributed by atoms with Crippen LogP contribution in [-0.4, -0.2) is 43.9 Å². The molecular weight excluding hydrogens is 261 g/mol. The van der Waals surface area contributed by atoms with Crippen LogP contribution in [-0.2, 0) is 4.74 Å². The van der Waals surface area contributed by atoms with Gasteiger partial charge < -0.3 is 9.47 Å². The summed E-state index contributed by atoms with van der Waals surface area (Å²) in [4.78, 5) is 0. The third kappa shape index (κ3) is 2.98. The van der Waals surface area contributed by atoms with E-state index < -0.39 is 12.3 Å². The van der Waals surface area contributed by atoms with Gasteiger partial charge >= 0.3 is 6.18 Å². The van der Waals surface area contributed by atoms with Crippen molar-refractivity contribution in [3.63, 3.8) is 0 Å². The lowest BCUT2D eigenvalue weighted by molar-refractivity contribution is -0.210. The SMILES string of the molecule is COc1ccc(C2=NN(C)COC2C(F)(F)F)cc1. The van der Waals surface area contributed by atoms with Crippen LogP contribution in [0, 0.1) is 0 Å². The standard InChI is InChI=1S/C12H13F3N2O2/c1-17-7-19-11(12(13,14)15)10(16-17)8-3-5-9(18-2)6-4-8/h3-6,11H,7H2,1-2H3. The molecule has 1 unspecified atom stereocenters. The Kier molecular flexibility index (Phi) is 3.66. The Hall–Kier alpha value is -1.76. The molecule has 0 bridgehead atoms. The fraction of sp³-hybridized carbons (Fsp3) is 0.417. The van der Waals surface area contributed by atoms with Crippen LogP contribution in [0.2, 0.25) is 0 Å². The van der Waals surface area contributed by atoms with Gasteiger partial charge in [0.2, 0.25) is 0 Å². The van der Waals surface area contributed by atoms with Crippen molar-refractivity contribution < 1.29 is 22.6 Å². The number of alkyl halides is 3. The molecule has 1 atom stereocenters. The Labute approximate surface area is 108 Å². The molecule has 0 amide bonds. The van der Waals surface area contributed by atoms with E-state index in [-0.39, 0.29) is 12.4 Å². The number of halogens is 3. The van der Waals surface area contributed by atoms with Crippen LogP contribution in [0.25, 0.3) is 0 Å². The summed E-state index contributed by atoms with van der Waals surface area (Å²) in [6, 6.07) is 6.22. The average molecular weight is 274 g/mol. The molecule has 1 aromatic rings. The summed E-state index contributed by atoms with van der Waals surface area (Å²) in [5, 5.41) is 5.24. The molecule has 2 rings (SSSR count). The van der Waals surface area contributed by atoms with E-state index in [4.69, 9.17) is 9.47 Å². The van der Waals surface area contributed by atoms with E-state index in [1.165, 1.54) is 24.3 Å². The molecule has 7 heteroatoms. The highest BCUT2D eigenvalue weighted by atomic mass is 19.4. The molecule has 4 nitrogen and oxygen atoms in total. The molecule has 1 aliphatic rings. The summed E-state index contributed by atoms with van der Waals surface area (Å²) in [7, 11) is 3.04. The van der Waals surface area contributed by atoms with Crippen molar-refractivity contribution in [2.45, 2.75) is 12.3 Å². The van der Waals surface area contributed by atoms with Gasteiger partial charge in [-0.05, 0) is 24.3 Å². The van der Waals surface area contributed by atoms with Gasteiger partial charge in [-0.3, -0.25) is 5.01 Å². The summed E-state index contributed by atoms with van der Waals surface area (Å²) < 4.78 is 48.5. The molecule has 1 aromatic carbocycles. The van der Waals surface area contributed by atoms with Gasteiger partial charge in [-0.1, -0.05) is 0 Å². The lowest BCUT2D eigenvalue weighted by Gasteiger charge is -2.30. The third-order valence-corrected chi connectivity index (χ3v) is 2.64. The lowest BCUT2D eigenvalue weighted by atomic mass is 10.0. The number of benzene rings is 1. The van der Waals surface area contributed by atoms with Crippen LogP contribution < -0.4 is 4.74 Å². The van der Waals surface area contributed by atoms with Crippen LogP contribution in [0.1, 0.15) is 5.56 Å². The van der Waals surface area contributed by atoms with Gasteiger partial charge in [0.05, 0.1) is 7.11 Å². The molecule has 1 heterocycles. The summed E-state index contributed by atoms with van der Waals surface area (Å²) in [6.45, 7) is -0.191. The number of ether oxygens (including phenoxy) is 2. The number of hydrogen-bond donors (Lipinski definition) is 0. The second kappa shape index (κ2) is 5.08. The minimum absolute atomic E-state index is 0.149. The van der Waals surface area contributed by atoms with E-state index in [1.54, 1.807) is 19.2 Å². The highest BCUT2D eigenvalue weighted by Gasteiger charge is 2.46. The molecule has 0 radical (unpaired) electrons. The number of hydrazone groups is 1. The minimum atomic E-state index is -4.49. The largest absolute Gasteiger partial charge is 0.497 e.